The van der Waals surface area contributed by atoms with Crippen molar-refractivity contribution in [2.24, 2.45) is 0 Å². The Morgan fingerprint density at radius 2 is 1.81 bits per heavy atom. The fraction of sp³-hybridized carbons (Fsp3) is 0.190. The predicted molar refractivity (Wildman–Crippen MR) is 123 cm³/mol. The number of nitrogens with one attached hydrogen (secondary N) is 3. The lowest BCUT2D eigenvalue weighted by molar-refractivity contribution is -0.116. The summed E-state index contributed by atoms with van der Waals surface area (Å²) in [5.41, 5.74) is 1.98. The molecular formula is C21H20ClN5O3S. The standard InChI is InChI=1S/C21H20ClN5O3S/c1-3-17(28)23-15-9-8-12(2)10-13(15)19-20(30)25-21(27-26-19)31-11-18(29)24-16-7-5-4-6-14(16)22/h4-10H,3,11H2,1-2H3,(H,23,28)(H,24,29)(H,25,27,30). The van der Waals surface area contributed by atoms with Crippen LogP contribution in [0.3, 0.4) is 0 Å². The number of anilines is 2. The molecule has 10 heteroatoms. The molecule has 2 aromatic carbocycles. The fourth-order valence-electron chi connectivity index (χ4n) is 2.65. The van der Waals surface area contributed by atoms with Crippen molar-refractivity contribution in [2.75, 3.05) is 16.4 Å². The van der Waals surface area contributed by atoms with Gasteiger partial charge < -0.3 is 10.6 Å². The number of nitrogens with zero attached hydrogens (tertiary/aromatic N) is 2. The summed E-state index contributed by atoms with van der Waals surface area (Å²) in [6.45, 7) is 3.61. The van der Waals surface area contributed by atoms with Gasteiger partial charge in [0.1, 0.15) is 0 Å². The molecule has 3 N–H and O–H groups in total. The van der Waals surface area contributed by atoms with Gasteiger partial charge in [-0.1, -0.05) is 54.0 Å². The summed E-state index contributed by atoms with van der Waals surface area (Å²) in [5.74, 6) is -0.462. The van der Waals surface area contributed by atoms with Crippen LogP contribution in [0.4, 0.5) is 11.4 Å². The van der Waals surface area contributed by atoms with Gasteiger partial charge in [0.2, 0.25) is 11.8 Å². The Balaban J connectivity index is 1.74. The number of amides is 2. The summed E-state index contributed by atoms with van der Waals surface area (Å²) in [5, 5.41) is 14.2. The Hall–Kier alpha value is -3.17. The number of carbonyl (C=O) groups is 2. The maximum absolute atomic E-state index is 12.6. The normalized spacial score (nSPS) is 10.5. The van der Waals surface area contributed by atoms with Crippen LogP contribution in [0.25, 0.3) is 11.3 Å². The molecule has 1 heterocycles. The molecule has 2 amide bonds. The molecule has 31 heavy (non-hydrogen) atoms. The van der Waals surface area contributed by atoms with Gasteiger partial charge in [0, 0.05) is 12.0 Å². The van der Waals surface area contributed by atoms with E-state index in [-0.39, 0.29) is 28.4 Å². The third kappa shape index (κ3) is 5.93. The molecule has 0 bridgehead atoms. The lowest BCUT2D eigenvalue weighted by Crippen LogP contribution is -2.18. The van der Waals surface area contributed by atoms with Crippen LogP contribution in [-0.4, -0.2) is 32.7 Å². The van der Waals surface area contributed by atoms with Crippen molar-refractivity contribution in [3.63, 3.8) is 0 Å². The highest BCUT2D eigenvalue weighted by Gasteiger charge is 2.15. The van der Waals surface area contributed by atoms with E-state index in [2.05, 4.69) is 25.8 Å². The molecule has 1 aromatic heterocycles. The van der Waals surface area contributed by atoms with Gasteiger partial charge in [-0.3, -0.25) is 19.4 Å². The van der Waals surface area contributed by atoms with Gasteiger partial charge in [-0.15, -0.1) is 10.2 Å². The number of hydrogen-bond donors (Lipinski definition) is 3. The molecule has 0 aliphatic rings. The average molecular weight is 458 g/mol. The van der Waals surface area contributed by atoms with E-state index >= 15 is 0 Å². The van der Waals surface area contributed by atoms with Crippen LogP contribution < -0.4 is 16.2 Å². The zero-order chi connectivity index (χ0) is 22.4. The van der Waals surface area contributed by atoms with Crippen LogP contribution >= 0.6 is 23.4 Å². The second-order valence-electron chi connectivity index (χ2n) is 6.58. The molecule has 0 radical (unpaired) electrons. The van der Waals surface area contributed by atoms with Crippen LogP contribution in [-0.2, 0) is 9.59 Å². The van der Waals surface area contributed by atoms with Crippen molar-refractivity contribution in [3.05, 3.63) is 63.4 Å². The molecule has 0 unspecified atom stereocenters. The quantitative estimate of drug-likeness (QED) is 0.463. The van der Waals surface area contributed by atoms with Gasteiger partial charge in [-0.2, -0.15) is 0 Å². The Labute approximate surface area is 187 Å². The number of aromatic amines is 1. The molecule has 0 spiro atoms. The zero-order valence-electron chi connectivity index (χ0n) is 16.9. The number of para-hydroxylation sites is 1. The fourth-order valence-corrected chi connectivity index (χ4v) is 3.43. The van der Waals surface area contributed by atoms with E-state index in [0.717, 1.165) is 17.3 Å². The zero-order valence-corrected chi connectivity index (χ0v) is 18.4. The number of rotatable bonds is 7. The minimum Gasteiger partial charge on any atom is -0.325 e. The van der Waals surface area contributed by atoms with Crippen molar-refractivity contribution < 1.29 is 9.59 Å². The lowest BCUT2D eigenvalue weighted by Gasteiger charge is -2.11. The Morgan fingerprint density at radius 3 is 2.52 bits per heavy atom. The number of halogens is 1. The molecule has 160 valence electrons. The van der Waals surface area contributed by atoms with E-state index in [1.165, 1.54) is 0 Å². The van der Waals surface area contributed by atoms with E-state index in [9.17, 15) is 14.4 Å². The molecule has 0 fully saturated rings. The summed E-state index contributed by atoms with van der Waals surface area (Å²) >= 11 is 7.07. The Morgan fingerprint density at radius 1 is 1.06 bits per heavy atom. The molecule has 0 atom stereocenters. The first-order chi connectivity index (χ1) is 14.9. The Bertz CT molecular complexity index is 1180. The maximum Gasteiger partial charge on any atom is 0.278 e. The van der Waals surface area contributed by atoms with E-state index in [1.807, 2.05) is 13.0 Å². The van der Waals surface area contributed by atoms with Crippen molar-refractivity contribution in [2.45, 2.75) is 25.4 Å². The highest BCUT2D eigenvalue weighted by molar-refractivity contribution is 7.99. The van der Waals surface area contributed by atoms with Crippen molar-refractivity contribution in [3.8, 4) is 11.3 Å². The number of thioether (sulfide) groups is 1. The molecule has 3 rings (SSSR count). The number of aromatic nitrogens is 3. The van der Waals surface area contributed by atoms with E-state index in [0.29, 0.717) is 28.4 Å². The lowest BCUT2D eigenvalue weighted by atomic mass is 10.1. The van der Waals surface area contributed by atoms with Crippen molar-refractivity contribution in [1.82, 2.24) is 15.2 Å². The van der Waals surface area contributed by atoms with Gasteiger partial charge in [-0.05, 0) is 31.2 Å². The van der Waals surface area contributed by atoms with Gasteiger partial charge in [0.25, 0.3) is 5.56 Å². The number of aryl methyl sites for hydroxylation is 1. The first kappa shape index (κ1) is 22.5. The second-order valence-corrected chi connectivity index (χ2v) is 7.95. The molecular weight excluding hydrogens is 438 g/mol. The van der Waals surface area contributed by atoms with E-state index in [1.54, 1.807) is 43.3 Å². The first-order valence-electron chi connectivity index (χ1n) is 9.42. The van der Waals surface area contributed by atoms with E-state index in [4.69, 9.17) is 11.6 Å². The van der Waals surface area contributed by atoms with Crippen molar-refractivity contribution >= 4 is 46.6 Å². The summed E-state index contributed by atoms with van der Waals surface area (Å²) in [7, 11) is 0. The molecule has 0 aliphatic carbocycles. The van der Waals surface area contributed by atoms with Gasteiger partial charge in [0.15, 0.2) is 10.9 Å². The third-order valence-corrected chi connectivity index (χ3v) is 5.38. The monoisotopic (exact) mass is 457 g/mol. The van der Waals surface area contributed by atoms with Gasteiger partial charge >= 0.3 is 0 Å². The first-order valence-corrected chi connectivity index (χ1v) is 10.8. The molecule has 0 aliphatic heterocycles. The van der Waals surface area contributed by atoms with Crippen LogP contribution in [0, 0.1) is 6.92 Å². The van der Waals surface area contributed by atoms with Gasteiger partial charge in [0.05, 0.1) is 22.2 Å². The van der Waals surface area contributed by atoms with Crippen LogP contribution in [0.1, 0.15) is 18.9 Å². The Kier molecular flexibility index (Phi) is 7.43. The minimum atomic E-state index is -0.471. The maximum atomic E-state index is 12.6. The number of carbonyl (C=O) groups excluding carboxylic acids is 2. The second kappa shape index (κ2) is 10.2. The molecule has 3 aromatic rings. The largest absolute Gasteiger partial charge is 0.325 e. The number of benzene rings is 2. The van der Waals surface area contributed by atoms with Crippen LogP contribution in [0.2, 0.25) is 5.02 Å². The molecule has 0 saturated carbocycles. The summed E-state index contributed by atoms with van der Waals surface area (Å²) in [6.07, 6.45) is 0.307. The smallest absolute Gasteiger partial charge is 0.278 e. The summed E-state index contributed by atoms with van der Waals surface area (Å²) < 4.78 is 0. The number of H-pyrrole nitrogens is 1. The number of hydrogen-bond acceptors (Lipinski definition) is 6. The minimum absolute atomic E-state index is 0.0114. The topological polar surface area (TPSA) is 117 Å². The predicted octanol–water partition coefficient (Wildman–Crippen LogP) is 3.87. The molecule has 0 saturated heterocycles. The highest BCUT2D eigenvalue weighted by Crippen LogP contribution is 2.26. The van der Waals surface area contributed by atoms with Crippen molar-refractivity contribution in [1.29, 1.82) is 0 Å². The highest BCUT2D eigenvalue weighted by atomic mass is 35.5. The van der Waals surface area contributed by atoms with E-state index < -0.39 is 5.56 Å². The summed E-state index contributed by atoms with van der Waals surface area (Å²) in [6, 6.07) is 12.2. The van der Waals surface area contributed by atoms with Crippen LogP contribution in [0.5, 0.6) is 0 Å². The summed E-state index contributed by atoms with van der Waals surface area (Å²) in [4.78, 5) is 39.2. The third-order valence-electron chi connectivity index (χ3n) is 4.19. The SMILES string of the molecule is CCC(=O)Nc1ccc(C)cc1-c1nnc(SCC(=O)Nc2ccccc2Cl)[nH]c1=O. The molecule has 8 nitrogen and oxygen atoms in total. The average Bonchev–Trinajstić information content (AvgIpc) is 2.75. The van der Waals surface area contributed by atoms with Crippen LogP contribution in [0.15, 0.2) is 52.4 Å². The van der Waals surface area contributed by atoms with Gasteiger partial charge in [-0.25, -0.2) is 0 Å².